The van der Waals surface area contributed by atoms with E-state index in [2.05, 4.69) is 28.6 Å². The minimum absolute atomic E-state index is 0. The number of rotatable bonds is 6. The molecule has 3 rings (SSSR count). The Kier molecular flexibility index (Phi) is 8.39. The first-order chi connectivity index (χ1) is 13.0. The summed E-state index contributed by atoms with van der Waals surface area (Å²) in [7, 11) is 3.51. The second kappa shape index (κ2) is 10.3. The number of amides is 1. The summed E-state index contributed by atoms with van der Waals surface area (Å²) in [6, 6.07) is 8.25. The molecule has 28 heavy (non-hydrogen) atoms. The molecule has 0 saturated heterocycles. The van der Waals surface area contributed by atoms with Crippen LogP contribution in [0, 0.1) is 5.41 Å². The highest BCUT2D eigenvalue weighted by atomic mass is 127. The van der Waals surface area contributed by atoms with Crippen molar-refractivity contribution in [2.24, 2.45) is 10.4 Å². The first-order valence-corrected chi connectivity index (χ1v) is 10.00. The molecule has 1 aliphatic heterocycles. The SMILES string of the molecule is CCC1(CNC(=NCC(=O)N(C)C)NC2CCOc3ccccc32)CCC1.I. The number of aliphatic imine (C=N–C) groups is 1. The molecule has 1 aromatic carbocycles. The zero-order chi connectivity index (χ0) is 19.3. The molecule has 1 unspecified atom stereocenters. The van der Waals surface area contributed by atoms with Gasteiger partial charge >= 0.3 is 0 Å². The van der Waals surface area contributed by atoms with Crippen LogP contribution >= 0.6 is 24.0 Å². The highest BCUT2D eigenvalue weighted by Gasteiger charge is 2.35. The van der Waals surface area contributed by atoms with Gasteiger partial charge in [-0.25, -0.2) is 4.99 Å². The highest BCUT2D eigenvalue weighted by Crippen LogP contribution is 2.43. The lowest BCUT2D eigenvalue weighted by atomic mass is 9.67. The molecule has 1 aliphatic carbocycles. The molecule has 7 heteroatoms. The van der Waals surface area contributed by atoms with Crippen molar-refractivity contribution in [3.63, 3.8) is 0 Å². The quantitative estimate of drug-likeness (QED) is 0.358. The predicted octanol–water partition coefficient (Wildman–Crippen LogP) is 3.33. The predicted molar refractivity (Wildman–Crippen MR) is 123 cm³/mol. The van der Waals surface area contributed by atoms with Gasteiger partial charge in [-0.05, 0) is 30.7 Å². The molecule has 1 heterocycles. The number of para-hydroxylation sites is 1. The lowest BCUT2D eigenvalue weighted by Gasteiger charge is -2.42. The van der Waals surface area contributed by atoms with Crippen LogP contribution in [0.25, 0.3) is 0 Å². The van der Waals surface area contributed by atoms with Crippen molar-refractivity contribution in [3.8, 4) is 5.75 Å². The number of nitrogens with zero attached hydrogens (tertiary/aromatic N) is 2. The number of ether oxygens (including phenoxy) is 1. The van der Waals surface area contributed by atoms with Crippen molar-refractivity contribution in [1.29, 1.82) is 0 Å². The normalized spacial score (nSPS) is 20.0. The summed E-state index contributed by atoms with van der Waals surface area (Å²) in [6.45, 7) is 3.98. The van der Waals surface area contributed by atoms with Gasteiger partial charge in [-0.1, -0.05) is 31.5 Å². The zero-order valence-electron chi connectivity index (χ0n) is 17.2. The largest absolute Gasteiger partial charge is 0.493 e. The monoisotopic (exact) mass is 500 g/mol. The van der Waals surface area contributed by atoms with Gasteiger partial charge < -0.3 is 20.3 Å². The Morgan fingerprint density at radius 3 is 2.71 bits per heavy atom. The van der Waals surface area contributed by atoms with Gasteiger partial charge in [0.05, 0.1) is 12.6 Å². The third kappa shape index (κ3) is 5.52. The molecule has 1 amide bonds. The second-order valence-corrected chi connectivity index (χ2v) is 7.89. The molecular formula is C21H33IN4O2. The van der Waals surface area contributed by atoms with Crippen LogP contribution in [0.3, 0.4) is 0 Å². The molecule has 1 atom stereocenters. The Morgan fingerprint density at radius 1 is 1.32 bits per heavy atom. The minimum atomic E-state index is -0.00248. The summed E-state index contributed by atoms with van der Waals surface area (Å²) in [4.78, 5) is 18.1. The third-order valence-corrected chi connectivity index (χ3v) is 5.94. The van der Waals surface area contributed by atoms with E-state index < -0.39 is 0 Å². The molecule has 2 aliphatic rings. The smallest absolute Gasteiger partial charge is 0.243 e. The molecule has 2 N–H and O–H groups in total. The average Bonchev–Trinajstić information content (AvgIpc) is 2.65. The summed E-state index contributed by atoms with van der Waals surface area (Å²) in [5.74, 6) is 1.64. The van der Waals surface area contributed by atoms with E-state index in [1.54, 1.807) is 19.0 Å². The number of hydrogen-bond acceptors (Lipinski definition) is 3. The zero-order valence-corrected chi connectivity index (χ0v) is 19.5. The maximum atomic E-state index is 12.0. The summed E-state index contributed by atoms with van der Waals surface area (Å²) in [5.41, 5.74) is 1.52. The lowest BCUT2D eigenvalue weighted by molar-refractivity contribution is -0.127. The molecular weight excluding hydrogens is 467 g/mol. The van der Waals surface area contributed by atoms with Gasteiger partial charge in [0.1, 0.15) is 12.3 Å². The number of fused-ring (bicyclic) bond motifs is 1. The van der Waals surface area contributed by atoms with E-state index in [1.807, 2.05) is 18.2 Å². The van der Waals surface area contributed by atoms with Crippen molar-refractivity contribution < 1.29 is 9.53 Å². The van der Waals surface area contributed by atoms with E-state index in [4.69, 9.17) is 4.74 Å². The minimum Gasteiger partial charge on any atom is -0.493 e. The van der Waals surface area contributed by atoms with Gasteiger partial charge in [0.2, 0.25) is 5.91 Å². The fourth-order valence-electron chi connectivity index (χ4n) is 3.70. The number of carbonyl (C=O) groups is 1. The lowest BCUT2D eigenvalue weighted by Crippen LogP contribution is -2.48. The Labute approximate surface area is 185 Å². The topological polar surface area (TPSA) is 66.0 Å². The number of guanidine groups is 1. The number of hydrogen-bond donors (Lipinski definition) is 2. The van der Waals surface area contributed by atoms with E-state index in [0.29, 0.717) is 18.0 Å². The molecule has 1 saturated carbocycles. The molecule has 0 bridgehead atoms. The summed E-state index contributed by atoms with van der Waals surface area (Å²) < 4.78 is 5.76. The van der Waals surface area contributed by atoms with E-state index >= 15 is 0 Å². The first-order valence-electron chi connectivity index (χ1n) is 10.00. The van der Waals surface area contributed by atoms with Gasteiger partial charge in [0, 0.05) is 32.6 Å². The molecule has 1 fully saturated rings. The Hall–Kier alpha value is -1.51. The van der Waals surface area contributed by atoms with Crippen LogP contribution < -0.4 is 15.4 Å². The number of nitrogens with one attached hydrogen (secondary N) is 2. The Balaban J connectivity index is 0.00000280. The van der Waals surface area contributed by atoms with Crippen molar-refractivity contribution in [3.05, 3.63) is 29.8 Å². The molecule has 1 aromatic rings. The van der Waals surface area contributed by atoms with Crippen LogP contribution in [0.4, 0.5) is 0 Å². The highest BCUT2D eigenvalue weighted by molar-refractivity contribution is 14.0. The van der Waals surface area contributed by atoms with Crippen molar-refractivity contribution >= 4 is 35.8 Å². The fourth-order valence-corrected chi connectivity index (χ4v) is 3.70. The Bertz CT molecular complexity index is 683. The van der Waals surface area contributed by atoms with Crippen LogP contribution in [-0.2, 0) is 4.79 Å². The summed E-state index contributed by atoms with van der Waals surface area (Å²) in [6.07, 6.45) is 5.88. The molecule has 6 nitrogen and oxygen atoms in total. The molecule has 0 radical (unpaired) electrons. The van der Waals surface area contributed by atoms with Crippen LogP contribution in [0.15, 0.2) is 29.3 Å². The van der Waals surface area contributed by atoms with Crippen LogP contribution in [0.5, 0.6) is 5.75 Å². The summed E-state index contributed by atoms with van der Waals surface area (Å²) >= 11 is 0. The molecule has 156 valence electrons. The van der Waals surface area contributed by atoms with Crippen molar-refractivity contribution in [2.45, 2.75) is 45.1 Å². The number of carbonyl (C=O) groups excluding carboxylic acids is 1. The van der Waals surface area contributed by atoms with Gasteiger partial charge in [-0.15, -0.1) is 24.0 Å². The fraction of sp³-hybridized carbons (Fsp3) is 0.619. The average molecular weight is 500 g/mol. The van der Waals surface area contributed by atoms with E-state index in [0.717, 1.165) is 24.3 Å². The number of halogens is 1. The van der Waals surface area contributed by atoms with Gasteiger partial charge in [0.25, 0.3) is 0 Å². The summed E-state index contributed by atoms with van der Waals surface area (Å²) in [5, 5.41) is 7.05. The number of benzene rings is 1. The maximum absolute atomic E-state index is 12.0. The van der Waals surface area contributed by atoms with Crippen LogP contribution in [0.1, 0.15) is 50.6 Å². The molecule has 0 aromatic heterocycles. The first kappa shape index (κ1) is 22.8. The standard InChI is InChI=1S/C21H32N4O2.HI/c1-4-21(11-7-12-21)15-23-20(22-14-19(26)25(2)3)24-17-10-13-27-18-9-6-5-8-16(17)18;/h5-6,8-9,17H,4,7,10-15H2,1-3H3,(H2,22,23,24);1H. The van der Waals surface area contributed by atoms with Crippen LogP contribution in [-0.4, -0.2) is 50.6 Å². The van der Waals surface area contributed by atoms with Crippen molar-refractivity contribution in [1.82, 2.24) is 15.5 Å². The molecule has 0 spiro atoms. The number of likely N-dealkylation sites (N-methyl/N-ethyl adjacent to an activating group) is 1. The van der Waals surface area contributed by atoms with E-state index in [1.165, 1.54) is 25.7 Å². The maximum Gasteiger partial charge on any atom is 0.243 e. The van der Waals surface area contributed by atoms with Gasteiger partial charge in [-0.2, -0.15) is 0 Å². The van der Waals surface area contributed by atoms with Crippen LogP contribution in [0.2, 0.25) is 0 Å². The third-order valence-electron chi connectivity index (χ3n) is 5.94. The van der Waals surface area contributed by atoms with E-state index in [9.17, 15) is 4.79 Å². The van der Waals surface area contributed by atoms with Gasteiger partial charge in [-0.3, -0.25) is 4.79 Å². The van der Waals surface area contributed by atoms with Gasteiger partial charge in [0.15, 0.2) is 5.96 Å². The second-order valence-electron chi connectivity index (χ2n) is 7.89. The van der Waals surface area contributed by atoms with E-state index in [-0.39, 0.29) is 42.5 Å². The van der Waals surface area contributed by atoms with Crippen molar-refractivity contribution in [2.75, 3.05) is 33.8 Å². The Morgan fingerprint density at radius 2 is 2.07 bits per heavy atom.